The molecule has 0 aromatic rings. The van der Waals surface area contributed by atoms with E-state index in [4.69, 9.17) is 10.3 Å². The van der Waals surface area contributed by atoms with Gasteiger partial charge in [-0.2, -0.15) is 0 Å². The summed E-state index contributed by atoms with van der Waals surface area (Å²) in [5.74, 6) is -0.239. The van der Waals surface area contributed by atoms with E-state index in [-0.39, 0.29) is 24.5 Å². The van der Waals surface area contributed by atoms with Crippen molar-refractivity contribution in [2.45, 2.75) is 19.4 Å². The minimum atomic E-state index is -0.201. The summed E-state index contributed by atoms with van der Waals surface area (Å²) >= 11 is 0. The number of cyclic esters (lactones) is 1. The molecular formula is C6H9N3O2. The summed E-state index contributed by atoms with van der Waals surface area (Å²) in [5.41, 5.74) is 7.98. The van der Waals surface area contributed by atoms with E-state index in [2.05, 4.69) is 10.0 Å². The van der Waals surface area contributed by atoms with Gasteiger partial charge < -0.3 is 4.74 Å². The third-order valence-corrected chi connectivity index (χ3v) is 1.65. The van der Waals surface area contributed by atoms with Gasteiger partial charge in [0.25, 0.3) is 0 Å². The van der Waals surface area contributed by atoms with Crippen molar-refractivity contribution in [1.29, 1.82) is 0 Å². The van der Waals surface area contributed by atoms with Crippen LogP contribution in [0, 0.1) is 5.92 Å². The molecule has 11 heavy (non-hydrogen) atoms. The standard InChI is InChI=1S/C6H9N3O2/c1-4-2-5(3-8-9-7)11-6(4)10/h4-5H,2-3H2,1H3/t4-,5+/m1/s1. The molecule has 0 saturated carbocycles. The Labute approximate surface area is 64.0 Å². The summed E-state index contributed by atoms with van der Waals surface area (Å²) in [7, 11) is 0. The lowest BCUT2D eigenvalue weighted by molar-refractivity contribution is -0.143. The molecule has 0 spiro atoms. The van der Waals surface area contributed by atoms with Gasteiger partial charge in [0.05, 0.1) is 12.5 Å². The number of esters is 1. The number of hydrogen-bond acceptors (Lipinski definition) is 3. The molecule has 5 nitrogen and oxygen atoms in total. The molecule has 0 aromatic heterocycles. The van der Waals surface area contributed by atoms with Crippen LogP contribution in [0.3, 0.4) is 0 Å². The highest BCUT2D eigenvalue weighted by atomic mass is 16.6. The van der Waals surface area contributed by atoms with E-state index < -0.39 is 0 Å². The molecule has 60 valence electrons. The van der Waals surface area contributed by atoms with Crippen LogP contribution in [0.15, 0.2) is 5.11 Å². The monoisotopic (exact) mass is 155 g/mol. The Kier molecular flexibility index (Phi) is 2.33. The Hall–Kier alpha value is -1.22. The molecule has 5 heteroatoms. The number of azide groups is 1. The van der Waals surface area contributed by atoms with E-state index in [0.29, 0.717) is 6.42 Å². The largest absolute Gasteiger partial charge is 0.462 e. The molecule has 1 aliphatic rings. The summed E-state index contributed by atoms with van der Waals surface area (Å²) in [6, 6.07) is 0. The molecule has 1 fully saturated rings. The molecule has 0 bridgehead atoms. The van der Waals surface area contributed by atoms with Gasteiger partial charge in [-0.15, -0.1) is 0 Å². The van der Waals surface area contributed by atoms with Gasteiger partial charge >= 0.3 is 5.97 Å². The molecule has 1 heterocycles. The van der Waals surface area contributed by atoms with Crippen molar-refractivity contribution >= 4 is 5.97 Å². The van der Waals surface area contributed by atoms with Crippen molar-refractivity contribution < 1.29 is 9.53 Å². The Balaban J connectivity index is 2.40. The Bertz CT molecular complexity index is 208. The molecule has 1 saturated heterocycles. The van der Waals surface area contributed by atoms with E-state index >= 15 is 0 Å². The van der Waals surface area contributed by atoms with Crippen LogP contribution in [0.4, 0.5) is 0 Å². The normalized spacial score (nSPS) is 29.4. The van der Waals surface area contributed by atoms with E-state index in [1.165, 1.54) is 0 Å². The second-order valence-corrected chi connectivity index (χ2v) is 2.61. The number of hydrogen-bond donors (Lipinski definition) is 0. The van der Waals surface area contributed by atoms with E-state index in [9.17, 15) is 4.79 Å². The summed E-state index contributed by atoms with van der Waals surface area (Å²) in [5, 5.41) is 3.33. The molecule has 0 radical (unpaired) electrons. The molecular weight excluding hydrogens is 146 g/mol. The average molecular weight is 155 g/mol. The lowest BCUT2D eigenvalue weighted by atomic mass is 10.1. The first-order valence-electron chi connectivity index (χ1n) is 3.45. The Morgan fingerprint density at radius 3 is 3.09 bits per heavy atom. The fourth-order valence-electron chi connectivity index (χ4n) is 1.06. The number of carbonyl (C=O) groups excluding carboxylic acids is 1. The zero-order valence-corrected chi connectivity index (χ0v) is 6.23. The van der Waals surface area contributed by atoms with Crippen LogP contribution >= 0.6 is 0 Å². The average Bonchev–Trinajstić information content (AvgIpc) is 2.28. The van der Waals surface area contributed by atoms with Gasteiger partial charge in [-0.3, -0.25) is 4.79 Å². The second kappa shape index (κ2) is 3.25. The van der Waals surface area contributed by atoms with Crippen LogP contribution in [0.5, 0.6) is 0 Å². The predicted octanol–water partition coefficient (Wildman–Crippen LogP) is 1.25. The highest BCUT2D eigenvalue weighted by Crippen LogP contribution is 2.20. The molecule has 0 aliphatic carbocycles. The molecule has 0 aromatic carbocycles. The smallest absolute Gasteiger partial charge is 0.309 e. The van der Waals surface area contributed by atoms with E-state index in [1.807, 2.05) is 0 Å². The van der Waals surface area contributed by atoms with Crippen molar-refractivity contribution in [2.24, 2.45) is 11.0 Å². The third-order valence-electron chi connectivity index (χ3n) is 1.65. The van der Waals surface area contributed by atoms with Crippen molar-refractivity contribution in [3.8, 4) is 0 Å². The number of carbonyl (C=O) groups is 1. The maximum absolute atomic E-state index is 10.8. The van der Waals surface area contributed by atoms with Crippen LogP contribution in [0.25, 0.3) is 10.4 Å². The highest BCUT2D eigenvalue weighted by Gasteiger charge is 2.29. The predicted molar refractivity (Wildman–Crippen MR) is 37.7 cm³/mol. The van der Waals surface area contributed by atoms with Gasteiger partial charge in [0.1, 0.15) is 6.10 Å². The fourth-order valence-corrected chi connectivity index (χ4v) is 1.06. The van der Waals surface area contributed by atoms with Crippen molar-refractivity contribution in [3.63, 3.8) is 0 Å². The quantitative estimate of drug-likeness (QED) is 0.260. The van der Waals surface area contributed by atoms with Crippen LogP contribution in [0.2, 0.25) is 0 Å². The summed E-state index contributed by atoms with van der Waals surface area (Å²) in [4.78, 5) is 13.4. The summed E-state index contributed by atoms with van der Waals surface area (Å²) in [6.45, 7) is 2.06. The number of rotatable bonds is 2. The maximum atomic E-state index is 10.8. The first kappa shape index (κ1) is 7.88. The van der Waals surface area contributed by atoms with E-state index in [1.54, 1.807) is 6.92 Å². The van der Waals surface area contributed by atoms with Crippen LogP contribution < -0.4 is 0 Å². The fraction of sp³-hybridized carbons (Fsp3) is 0.833. The van der Waals surface area contributed by atoms with Gasteiger partial charge in [-0.25, -0.2) is 0 Å². The topological polar surface area (TPSA) is 75.1 Å². The molecule has 0 amide bonds. The van der Waals surface area contributed by atoms with Crippen molar-refractivity contribution in [2.75, 3.05) is 6.54 Å². The van der Waals surface area contributed by atoms with Crippen LogP contribution in [0.1, 0.15) is 13.3 Å². The minimum Gasteiger partial charge on any atom is -0.462 e. The Morgan fingerprint density at radius 2 is 2.64 bits per heavy atom. The van der Waals surface area contributed by atoms with Crippen molar-refractivity contribution in [1.82, 2.24) is 0 Å². The third kappa shape index (κ3) is 1.85. The Morgan fingerprint density at radius 1 is 1.91 bits per heavy atom. The molecule has 1 aliphatic heterocycles. The van der Waals surface area contributed by atoms with Gasteiger partial charge in [-0.05, 0) is 12.0 Å². The first-order valence-corrected chi connectivity index (χ1v) is 3.45. The summed E-state index contributed by atoms with van der Waals surface area (Å²) in [6.07, 6.45) is 0.464. The lowest BCUT2D eigenvalue weighted by Gasteiger charge is -2.01. The van der Waals surface area contributed by atoms with Crippen LogP contribution in [-0.4, -0.2) is 18.6 Å². The molecule has 0 unspecified atom stereocenters. The zero-order chi connectivity index (χ0) is 8.27. The van der Waals surface area contributed by atoms with Gasteiger partial charge in [-0.1, -0.05) is 12.0 Å². The van der Waals surface area contributed by atoms with Gasteiger partial charge in [0, 0.05) is 4.91 Å². The number of nitrogens with zero attached hydrogens (tertiary/aromatic N) is 3. The second-order valence-electron chi connectivity index (χ2n) is 2.61. The number of ether oxygens (including phenoxy) is 1. The lowest BCUT2D eigenvalue weighted by Crippen LogP contribution is -2.09. The highest BCUT2D eigenvalue weighted by molar-refractivity contribution is 5.74. The zero-order valence-electron chi connectivity index (χ0n) is 6.23. The molecule has 2 atom stereocenters. The summed E-state index contributed by atoms with van der Waals surface area (Å²) < 4.78 is 4.87. The van der Waals surface area contributed by atoms with Gasteiger partial charge in [0.15, 0.2) is 0 Å². The maximum Gasteiger partial charge on any atom is 0.309 e. The van der Waals surface area contributed by atoms with Crippen molar-refractivity contribution in [3.05, 3.63) is 10.4 Å². The molecule has 0 N–H and O–H groups in total. The molecule has 1 rings (SSSR count). The van der Waals surface area contributed by atoms with Crippen LogP contribution in [-0.2, 0) is 9.53 Å². The minimum absolute atomic E-state index is 0.0473. The first-order chi connectivity index (χ1) is 5.24. The van der Waals surface area contributed by atoms with Gasteiger partial charge in [0.2, 0.25) is 0 Å². The SMILES string of the molecule is C[C@@H]1C[C@@H](CN=[N+]=[N-])OC1=O. The van der Waals surface area contributed by atoms with E-state index in [0.717, 1.165) is 0 Å².